The Balaban J connectivity index is 1.25. The van der Waals surface area contributed by atoms with Gasteiger partial charge in [-0.05, 0) is 43.3 Å². The molecule has 0 spiro atoms. The van der Waals surface area contributed by atoms with Crippen LogP contribution in [-0.2, 0) is 6.54 Å². The first-order valence-electron chi connectivity index (χ1n) is 11.7. The third-order valence-electron chi connectivity index (χ3n) is 6.09. The van der Waals surface area contributed by atoms with Crippen LogP contribution in [0, 0.1) is 6.92 Å². The molecular formula is C29H23N3O4. The molecule has 7 heteroatoms. The minimum Gasteiger partial charge on any atom is -0.486 e. The van der Waals surface area contributed by atoms with Gasteiger partial charge in [0.05, 0.1) is 23.3 Å². The highest BCUT2D eigenvalue weighted by Gasteiger charge is 2.17. The number of rotatable bonds is 5. The molecule has 0 radical (unpaired) electrons. The van der Waals surface area contributed by atoms with Gasteiger partial charge >= 0.3 is 0 Å². The molecule has 0 saturated carbocycles. The van der Waals surface area contributed by atoms with E-state index in [4.69, 9.17) is 19.0 Å². The lowest BCUT2D eigenvalue weighted by Crippen LogP contribution is -2.23. The third kappa shape index (κ3) is 4.27. The van der Waals surface area contributed by atoms with Gasteiger partial charge in [-0.25, -0.2) is 4.98 Å². The van der Waals surface area contributed by atoms with Crippen molar-refractivity contribution < 1.29 is 18.8 Å². The molecule has 178 valence electrons. The number of benzene rings is 3. The van der Waals surface area contributed by atoms with Crippen molar-refractivity contribution in [3.63, 3.8) is 0 Å². The molecule has 3 aromatic carbocycles. The summed E-state index contributed by atoms with van der Waals surface area (Å²) in [4.78, 5) is 18.1. The summed E-state index contributed by atoms with van der Waals surface area (Å²) in [5.41, 5.74) is 5.55. The van der Waals surface area contributed by atoms with Crippen molar-refractivity contribution in [2.75, 3.05) is 13.2 Å². The Kier molecular flexibility index (Phi) is 5.58. The van der Waals surface area contributed by atoms with Gasteiger partial charge in [0.1, 0.15) is 18.9 Å². The van der Waals surface area contributed by atoms with Crippen LogP contribution in [0.1, 0.15) is 21.6 Å². The predicted octanol–water partition coefficient (Wildman–Crippen LogP) is 5.57. The van der Waals surface area contributed by atoms with Gasteiger partial charge in [0.25, 0.3) is 5.91 Å². The zero-order valence-corrected chi connectivity index (χ0v) is 19.7. The van der Waals surface area contributed by atoms with Gasteiger partial charge in [-0.2, -0.15) is 0 Å². The molecular weight excluding hydrogens is 454 g/mol. The lowest BCUT2D eigenvalue weighted by Gasteiger charge is -2.18. The van der Waals surface area contributed by atoms with Crippen molar-refractivity contribution in [2.45, 2.75) is 13.5 Å². The number of ether oxygens (including phenoxy) is 2. The maximum atomic E-state index is 13.3. The van der Waals surface area contributed by atoms with Gasteiger partial charge in [-0.1, -0.05) is 47.1 Å². The third-order valence-corrected chi connectivity index (χ3v) is 6.09. The highest BCUT2D eigenvalue weighted by Crippen LogP contribution is 2.34. The summed E-state index contributed by atoms with van der Waals surface area (Å²) in [5, 5.41) is 7.93. The number of fused-ring (bicyclic) bond motifs is 2. The normalized spacial score (nSPS) is 12.5. The molecule has 1 aliphatic rings. The van der Waals surface area contributed by atoms with Crippen LogP contribution >= 0.6 is 0 Å². The lowest BCUT2D eigenvalue weighted by molar-refractivity contribution is 0.0951. The van der Waals surface area contributed by atoms with Crippen molar-refractivity contribution in [3.8, 4) is 34.1 Å². The maximum Gasteiger partial charge on any atom is 0.252 e. The topological polar surface area (TPSA) is 86.5 Å². The zero-order valence-electron chi connectivity index (χ0n) is 19.7. The van der Waals surface area contributed by atoms with E-state index in [0.717, 1.165) is 33.3 Å². The summed E-state index contributed by atoms with van der Waals surface area (Å²) in [7, 11) is 0. The summed E-state index contributed by atoms with van der Waals surface area (Å²) in [6, 6.07) is 25.1. The molecule has 0 aliphatic carbocycles. The number of aromatic nitrogens is 2. The predicted molar refractivity (Wildman–Crippen MR) is 136 cm³/mol. The smallest absolute Gasteiger partial charge is 0.252 e. The van der Waals surface area contributed by atoms with Gasteiger partial charge in [0.2, 0.25) is 0 Å². The second kappa shape index (κ2) is 9.19. The summed E-state index contributed by atoms with van der Waals surface area (Å²) < 4.78 is 16.8. The first-order chi connectivity index (χ1) is 17.6. The molecule has 2 aromatic heterocycles. The van der Waals surface area contributed by atoms with Crippen LogP contribution in [0.4, 0.5) is 0 Å². The van der Waals surface area contributed by atoms with E-state index in [-0.39, 0.29) is 12.5 Å². The van der Waals surface area contributed by atoms with E-state index < -0.39 is 0 Å². The highest BCUT2D eigenvalue weighted by atomic mass is 16.6. The molecule has 0 bridgehead atoms. The molecule has 1 amide bonds. The summed E-state index contributed by atoms with van der Waals surface area (Å²) in [6.07, 6.45) is 0. The number of pyridine rings is 1. The number of hydrogen-bond donors (Lipinski definition) is 1. The molecule has 0 saturated heterocycles. The van der Waals surface area contributed by atoms with Crippen molar-refractivity contribution in [3.05, 3.63) is 95.7 Å². The fourth-order valence-electron chi connectivity index (χ4n) is 4.28. The Hall–Kier alpha value is -4.65. The Morgan fingerprint density at radius 2 is 1.72 bits per heavy atom. The standard InChI is InChI=1S/C29H23N3O4/c1-18-7-9-24-22(13-18)23(16-25(31-24)19-5-3-2-4-6-19)29(33)30-17-21-15-27(36-32-21)20-8-10-26-28(14-20)35-12-11-34-26/h2-10,13-16H,11-12,17H2,1H3,(H,30,33). The molecule has 6 rings (SSSR count). The second-order valence-electron chi connectivity index (χ2n) is 8.67. The molecule has 5 aromatic rings. The Morgan fingerprint density at radius 3 is 2.58 bits per heavy atom. The molecule has 7 nitrogen and oxygen atoms in total. The van der Waals surface area contributed by atoms with E-state index in [2.05, 4.69) is 10.5 Å². The monoisotopic (exact) mass is 477 g/mol. The van der Waals surface area contributed by atoms with Gasteiger partial charge in [0.15, 0.2) is 17.3 Å². The fourth-order valence-corrected chi connectivity index (χ4v) is 4.28. The van der Waals surface area contributed by atoms with Crippen LogP contribution in [0.15, 0.2) is 83.4 Å². The van der Waals surface area contributed by atoms with Gasteiger partial charge in [0, 0.05) is 22.6 Å². The average Bonchev–Trinajstić information content (AvgIpc) is 3.40. The first kappa shape index (κ1) is 21.9. The van der Waals surface area contributed by atoms with E-state index in [9.17, 15) is 4.79 Å². The minimum atomic E-state index is -0.200. The number of carbonyl (C=O) groups excluding carboxylic acids is 1. The molecule has 36 heavy (non-hydrogen) atoms. The van der Waals surface area contributed by atoms with Gasteiger partial charge < -0.3 is 19.3 Å². The zero-order chi connectivity index (χ0) is 24.5. The SMILES string of the molecule is Cc1ccc2nc(-c3ccccc3)cc(C(=O)NCc3cc(-c4ccc5c(c4)OCCO5)on3)c2c1. The van der Waals surface area contributed by atoms with Crippen LogP contribution in [0.2, 0.25) is 0 Å². The van der Waals surface area contributed by atoms with E-state index in [1.807, 2.05) is 85.8 Å². The van der Waals surface area contributed by atoms with Crippen LogP contribution < -0.4 is 14.8 Å². The van der Waals surface area contributed by atoms with Crippen LogP contribution in [-0.4, -0.2) is 29.3 Å². The molecule has 0 unspecified atom stereocenters. The Bertz CT molecular complexity index is 1580. The number of nitrogens with one attached hydrogen (secondary N) is 1. The largest absolute Gasteiger partial charge is 0.486 e. The Morgan fingerprint density at radius 1 is 0.889 bits per heavy atom. The van der Waals surface area contributed by atoms with Gasteiger partial charge in [-0.3, -0.25) is 4.79 Å². The highest BCUT2D eigenvalue weighted by molar-refractivity contribution is 6.07. The first-order valence-corrected chi connectivity index (χ1v) is 11.7. The van der Waals surface area contributed by atoms with E-state index in [0.29, 0.717) is 41.7 Å². The molecule has 1 N–H and O–H groups in total. The van der Waals surface area contributed by atoms with Gasteiger partial charge in [-0.15, -0.1) is 0 Å². The van der Waals surface area contributed by atoms with Crippen LogP contribution in [0.5, 0.6) is 11.5 Å². The fraction of sp³-hybridized carbons (Fsp3) is 0.138. The summed E-state index contributed by atoms with van der Waals surface area (Å²) in [6.45, 7) is 3.28. The number of aryl methyl sites for hydroxylation is 1. The van der Waals surface area contributed by atoms with Crippen molar-refractivity contribution in [2.24, 2.45) is 0 Å². The minimum absolute atomic E-state index is 0.200. The van der Waals surface area contributed by atoms with Crippen molar-refractivity contribution in [1.29, 1.82) is 0 Å². The van der Waals surface area contributed by atoms with E-state index >= 15 is 0 Å². The molecule has 3 heterocycles. The number of carbonyl (C=O) groups is 1. The molecule has 1 aliphatic heterocycles. The lowest BCUT2D eigenvalue weighted by atomic mass is 10.0. The van der Waals surface area contributed by atoms with E-state index in [1.165, 1.54) is 0 Å². The molecule has 0 atom stereocenters. The van der Waals surface area contributed by atoms with Crippen LogP contribution in [0.3, 0.4) is 0 Å². The average molecular weight is 478 g/mol. The molecule has 0 fully saturated rings. The van der Waals surface area contributed by atoms with Crippen LogP contribution in [0.25, 0.3) is 33.5 Å². The number of nitrogens with zero attached hydrogens (tertiary/aromatic N) is 2. The summed E-state index contributed by atoms with van der Waals surface area (Å²) >= 11 is 0. The Labute approximate surface area is 207 Å². The quantitative estimate of drug-likeness (QED) is 0.356. The number of hydrogen-bond acceptors (Lipinski definition) is 6. The number of amides is 1. The second-order valence-corrected chi connectivity index (χ2v) is 8.67. The van der Waals surface area contributed by atoms with E-state index in [1.54, 1.807) is 0 Å². The van der Waals surface area contributed by atoms with Crippen molar-refractivity contribution >= 4 is 16.8 Å². The maximum absolute atomic E-state index is 13.3. The summed E-state index contributed by atoms with van der Waals surface area (Å²) in [5.74, 6) is 1.78. The van der Waals surface area contributed by atoms with Crippen molar-refractivity contribution in [1.82, 2.24) is 15.5 Å².